The van der Waals surface area contributed by atoms with E-state index >= 15 is 0 Å². The normalized spacial score (nSPS) is 19.7. The maximum atomic E-state index is 2.64. The van der Waals surface area contributed by atoms with Crippen molar-refractivity contribution in [2.75, 3.05) is 0 Å². The molecule has 3 heteroatoms. The van der Waals surface area contributed by atoms with Crippen LogP contribution in [0.4, 0.5) is 0 Å². The van der Waals surface area contributed by atoms with Gasteiger partial charge < -0.3 is 0 Å². The third-order valence-electron chi connectivity index (χ3n) is 7.65. The Morgan fingerprint density at radius 3 is 1.13 bits per heavy atom. The molecule has 2 nitrogen and oxygen atoms in total. The zero-order valence-corrected chi connectivity index (χ0v) is 23.6. The summed E-state index contributed by atoms with van der Waals surface area (Å²) in [5.74, 6) is 0. The van der Waals surface area contributed by atoms with E-state index < -0.39 is 8.07 Å². The molecule has 0 aliphatic heterocycles. The van der Waals surface area contributed by atoms with Crippen molar-refractivity contribution in [3.05, 3.63) is 45.8 Å². The fourth-order valence-electron chi connectivity index (χ4n) is 6.08. The van der Waals surface area contributed by atoms with Crippen molar-refractivity contribution >= 4 is 8.07 Å². The second-order valence-electron chi connectivity index (χ2n) is 11.4. The number of nitrogens with zero attached hydrogens (tertiary/aromatic N) is 2. The zero-order chi connectivity index (χ0) is 23.7. The highest BCUT2D eigenvalue weighted by atomic mass is 28.3. The van der Waals surface area contributed by atoms with Crippen LogP contribution in [0.1, 0.15) is 82.1 Å². The average Bonchev–Trinajstić information content (AvgIpc) is 3.31. The van der Waals surface area contributed by atoms with Crippen LogP contribution in [0.15, 0.2) is 45.8 Å². The maximum Gasteiger partial charge on any atom is 0.103 e. The molecule has 2 rings (SSSR count). The van der Waals surface area contributed by atoms with Gasteiger partial charge >= 0.3 is 0 Å². The van der Waals surface area contributed by atoms with Gasteiger partial charge in [0.05, 0.1) is 0 Å². The lowest BCUT2D eigenvalue weighted by Gasteiger charge is -2.37. The molecule has 31 heavy (non-hydrogen) atoms. The Bertz CT molecular complexity index is 671. The van der Waals surface area contributed by atoms with Gasteiger partial charge in [-0.25, -0.2) is 0 Å². The molecule has 2 atom stereocenters. The fraction of sp³-hybridized carbons (Fsp3) is 0.714. The molecule has 0 amide bonds. The Morgan fingerprint density at radius 2 is 0.871 bits per heavy atom. The predicted octanol–water partition coefficient (Wildman–Crippen LogP) is 7.30. The lowest BCUT2D eigenvalue weighted by molar-refractivity contribution is 0.143. The van der Waals surface area contributed by atoms with Crippen LogP contribution in [-0.2, 0) is 0 Å². The second kappa shape index (κ2) is 10.4. The topological polar surface area (TPSA) is 6.48 Å². The quantitative estimate of drug-likeness (QED) is 0.327. The van der Waals surface area contributed by atoms with Crippen molar-refractivity contribution in [2.24, 2.45) is 0 Å². The molecule has 0 heterocycles. The van der Waals surface area contributed by atoms with E-state index in [1.54, 1.807) is 10.4 Å². The number of hydrogen-bond acceptors (Lipinski definition) is 2. The molecule has 2 unspecified atom stereocenters. The summed E-state index contributed by atoms with van der Waals surface area (Å²) in [6.45, 7) is 28.5. The van der Waals surface area contributed by atoms with Crippen LogP contribution in [-0.4, -0.2) is 54.1 Å². The molecule has 0 aromatic heterocycles. The first-order chi connectivity index (χ1) is 14.3. The predicted molar refractivity (Wildman–Crippen MR) is 142 cm³/mol. The Kier molecular flexibility index (Phi) is 8.80. The summed E-state index contributed by atoms with van der Waals surface area (Å²) < 4.78 is 0. The lowest BCUT2D eigenvalue weighted by atomic mass is 10.0. The molecular weight excluding hydrogens is 392 g/mol. The minimum absolute atomic E-state index is 0.485. The first-order valence-electron chi connectivity index (χ1n) is 12.7. The summed E-state index contributed by atoms with van der Waals surface area (Å²) >= 11 is 0. The van der Waals surface area contributed by atoms with Gasteiger partial charge in [-0.15, -0.1) is 0 Å². The minimum atomic E-state index is -1.61. The molecule has 0 saturated heterocycles. The fourth-order valence-corrected chi connectivity index (χ4v) is 8.77. The van der Waals surface area contributed by atoms with Gasteiger partial charge in [0.15, 0.2) is 0 Å². The van der Waals surface area contributed by atoms with Crippen LogP contribution in [0.2, 0.25) is 13.1 Å². The van der Waals surface area contributed by atoms with Crippen LogP contribution in [0.5, 0.6) is 0 Å². The van der Waals surface area contributed by atoms with Gasteiger partial charge in [0.1, 0.15) is 8.07 Å². The average molecular weight is 443 g/mol. The molecule has 0 spiro atoms. The molecule has 2 aliphatic carbocycles. The third kappa shape index (κ3) is 5.72. The molecule has 0 N–H and O–H groups in total. The third-order valence-corrected chi connectivity index (χ3v) is 11.6. The first kappa shape index (κ1) is 26.4. The van der Waals surface area contributed by atoms with Crippen molar-refractivity contribution in [1.29, 1.82) is 0 Å². The van der Waals surface area contributed by atoms with E-state index in [2.05, 4.69) is 116 Å². The van der Waals surface area contributed by atoms with Gasteiger partial charge in [-0.05, 0) is 93.2 Å². The van der Waals surface area contributed by atoms with E-state index in [9.17, 15) is 0 Å². The standard InChI is InChI=1S/C28H50N2Si/c1-19(2)29(20(3)4)23(9)25-13-15-27(17-25)31(11,12)28-16-14-26(18-28)24(10)30(21(5)6)22(7)8/h13-14,17-24H,15-16H2,1-12H3. The largest absolute Gasteiger partial charge is 0.292 e. The van der Waals surface area contributed by atoms with Gasteiger partial charge in [-0.1, -0.05) is 47.8 Å². The summed E-state index contributed by atoms with van der Waals surface area (Å²) in [4.78, 5) is 5.28. The zero-order valence-electron chi connectivity index (χ0n) is 22.6. The van der Waals surface area contributed by atoms with Gasteiger partial charge in [0.25, 0.3) is 0 Å². The molecule has 2 aliphatic rings. The van der Waals surface area contributed by atoms with Gasteiger partial charge in [-0.3, -0.25) is 9.80 Å². The van der Waals surface area contributed by atoms with Gasteiger partial charge in [0, 0.05) is 36.3 Å². The summed E-state index contributed by atoms with van der Waals surface area (Å²) in [6.07, 6.45) is 12.5. The number of allylic oxidation sites excluding steroid dienone is 4. The van der Waals surface area contributed by atoms with Crippen molar-refractivity contribution in [3.63, 3.8) is 0 Å². The highest BCUT2D eigenvalue weighted by Gasteiger charge is 2.35. The van der Waals surface area contributed by atoms with Gasteiger partial charge in [0.2, 0.25) is 0 Å². The van der Waals surface area contributed by atoms with Crippen LogP contribution in [0.25, 0.3) is 0 Å². The number of rotatable bonds is 10. The summed E-state index contributed by atoms with van der Waals surface area (Å²) in [7, 11) is -1.61. The summed E-state index contributed by atoms with van der Waals surface area (Å²) in [6, 6.07) is 3.23. The molecule has 0 bridgehead atoms. The first-order valence-corrected chi connectivity index (χ1v) is 15.7. The van der Waals surface area contributed by atoms with Gasteiger partial charge in [-0.2, -0.15) is 0 Å². The van der Waals surface area contributed by atoms with Crippen molar-refractivity contribution in [3.8, 4) is 0 Å². The summed E-state index contributed by atoms with van der Waals surface area (Å²) in [5.41, 5.74) is 3.06. The molecular formula is C28H50N2Si. The van der Waals surface area contributed by atoms with Crippen LogP contribution in [0.3, 0.4) is 0 Å². The van der Waals surface area contributed by atoms with E-state index in [1.807, 2.05) is 0 Å². The van der Waals surface area contributed by atoms with E-state index in [1.165, 1.54) is 11.1 Å². The smallest absolute Gasteiger partial charge is 0.103 e. The molecule has 0 aromatic rings. The Morgan fingerprint density at radius 1 is 0.581 bits per heavy atom. The maximum absolute atomic E-state index is 2.64. The highest BCUT2D eigenvalue weighted by Crippen LogP contribution is 2.38. The Balaban J connectivity index is 2.20. The Labute approximate surface area is 195 Å². The van der Waals surface area contributed by atoms with Crippen molar-refractivity contribution < 1.29 is 0 Å². The van der Waals surface area contributed by atoms with Crippen molar-refractivity contribution in [1.82, 2.24) is 9.80 Å². The van der Waals surface area contributed by atoms with Crippen molar-refractivity contribution in [2.45, 2.75) is 131 Å². The highest BCUT2D eigenvalue weighted by molar-refractivity contribution is 6.90. The van der Waals surface area contributed by atoms with E-state index in [0.717, 1.165) is 12.8 Å². The van der Waals surface area contributed by atoms with Crippen LogP contribution < -0.4 is 0 Å². The van der Waals surface area contributed by atoms with E-state index in [-0.39, 0.29) is 0 Å². The molecule has 0 aromatic carbocycles. The summed E-state index contributed by atoms with van der Waals surface area (Å²) in [5, 5.41) is 3.42. The van der Waals surface area contributed by atoms with E-state index in [4.69, 9.17) is 0 Å². The van der Waals surface area contributed by atoms with Crippen LogP contribution >= 0.6 is 0 Å². The SMILES string of the molecule is CC(C)N(C(C)C)C(C)C1=CCC([Si](C)(C)C2=CC(C(C)N(C(C)C)C(C)C)=CC2)=C1. The van der Waals surface area contributed by atoms with E-state index in [0.29, 0.717) is 36.3 Å². The second-order valence-corrected chi connectivity index (χ2v) is 15.9. The minimum Gasteiger partial charge on any atom is -0.292 e. The molecule has 0 saturated carbocycles. The monoisotopic (exact) mass is 442 g/mol. The lowest BCUT2D eigenvalue weighted by Crippen LogP contribution is -2.44. The number of hydrogen-bond donors (Lipinski definition) is 0. The van der Waals surface area contributed by atoms with Crippen LogP contribution in [0, 0.1) is 0 Å². The molecule has 0 fully saturated rings. The molecule has 176 valence electrons. The molecule has 0 radical (unpaired) electrons. The Hall–Kier alpha value is -0.903.